The third kappa shape index (κ3) is 2.89. The van der Waals surface area contributed by atoms with Crippen molar-refractivity contribution in [3.63, 3.8) is 0 Å². The lowest BCUT2D eigenvalue weighted by molar-refractivity contribution is 0.0984. The second kappa shape index (κ2) is 6.70. The molecule has 4 aromatic heterocycles. The van der Waals surface area contributed by atoms with Gasteiger partial charge in [0.25, 0.3) is 0 Å². The first-order valence-corrected chi connectivity index (χ1v) is 9.78. The minimum atomic E-state index is 0.246. The number of hydrogen-bond acceptors (Lipinski definition) is 6. The SMILES string of the molecule is Cc1cc(-c2nc(C)c3c(-c4ccnn4C)cc(N4CCOCC4C)nn23)[nH]n1. The highest BCUT2D eigenvalue weighted by atomic mass is 16.5. The first-order chi connectivity index (χ1) is 14.0. The first kappa shape index (κ1) is 17.9. The van der Waals surface area contributed by atoms with Crippen LogP contribution in [-0.2, 0) is 11.8 Å². The van der Waals surface area contributed by atoms with E-state index in [4.69, 9.17) is 14.8 Å². The summed E-state index contributed by atoms with van der Waals surface area (Å²) in [7, 11) is 1.95. The van der Waals surface area contributed by atoms with Gasteiger partial charge in [-0.25, -0.2) is 9.50 Å². The van der Waals surface area contributed by atoms with Crippen LogP contribution in [0.25, 0.3) is 28.3 Å². The van der Waals surface area contributed by atoms with Crippen LogP contribution in [0.1, 0.15) is 18.3 Å². The topological polar surface area (TPSA) is 89.2 Å². The molecule has 1 atom stereocenters. The summed E-state index contributed by atoms with van der Waals surface area (Å²) in [5, 5.41) is 16.7. The van der Waals surface area contributed by atoms with Crippen LogP contribution in [-0.4, -0.2) is 60.4 Å². The normalized spacial score (nSPS) is 17.4. The van der Waals surface area contributed by atoms with E-state index in [-0.39, 0.29) is 6.04 Å². The van der Waals surface area contributed by atoms with Crippen molar-refractivity contribution in [1.29, 1.82) is 0 Å². The van der Waals surface area contributed by atoms with Crippen LogP contribution in [0, 0.1) is 13.8 Å². The second-order valence-corrected chi connectivity index (χ2v) is 7.58. The standard InChI is InChI=1S/C20H24N8O/c1-12-9-16(24-23-12)20-22-14(3)19-15(17-5-6-21-26(17)4)10-18(25-28(19)20)27-7-8-29-11-13(27)2/h5-6,9-10,13H,7-8,11H2,1-4H3,(H,23,24). The molecule has 150 valence electrons. The van der Waals surface area contributed by atoms with Crippen LogP contribution >= 0.6 is 0 Å². The van der Waals surface area contributed by atoms with Gasteiger partial charge in [-0.3, -0.25) is 9.78 Å². The Hall–Kier alpha value is -3.20. The number of anilines is 1. The number of morpholine rings is 1. The summed E-state index contributed by atoms with van der Waals surface area (Å²) in [5.74, 6) is 1.66. The van der Waals surface area contributed by atoms with Crippen LogP contribution in [0.2, 0.25) is 0 Å². The molecule has 4 aromatic rings. The van der Waals surface area contributed by atoms with E-state index in [2.05, 4.69) is 33.2 Å². The van der Waals surface area contributed by atoms with Gasteiger partial charge < -0.3 is 9.64 Å². The molecular formula is C20H24N8O. The van der Waals surface area contributed by atoms with E-state index in [1.165, 1.54) is 0 Å². The number of aromatic nitrogens is 7. The smallest absolute Gasteiger partial charge is 0.179 e. The van der Waals surface area contributed by atoms with Gasteiger partial charge in [0.2, 0.25) is 0 Å². The highest BCUT2D eigenvalue weighted by Crippen LogP contribution is 2.33. The Morgan fingerprint density at radius 1 is 1.24 bits per heavy atom. The number of imidazole rings is 1. The number of H-pyrrole nitrogens is 1. The van der Waals surface area contributed by atoms with Gasteiger partial charge in [-0.05, 0) is 39.0 Å². The molecule has 1 fully saturated rings. The Morgan fingerprint density at radius 3 is 2.79 bits per heavy atom. The summed E-state index contributed by atoms with van der Waals surface area (Å²) >= 11 is 0. The molecule has 29 heavy (non-hydrogen) atoms. The second-order valence-electron chi connectivity index (χ2n) is 7.58. The van der Waals surface area contributed by atoms with Gasteiger partial charge in [0.15, 0.2) is 11.6 Å². The van der Waals surface area contributed by atoms with Crippen LogP contribution in [0.5, 0.6) is 0 Å². The molecule has 0 aromatic carbocycles. The van der Waals surface area contributed by atoms with E-state index < -0.39 is 0 Å². The highest BCUT2D eigenvalue weighted by Gasteiger charge is 2.25. The molecule has 5 rings (SSSR count). The predicted molar refractivity (Wildman–Crippen MR) is 110 cm³/mol. The average molecular weight is 392 g/mol. The Morgan fingerprint density at radius 2 is 2.10 bits per heavy atom. The maximum atomic E-state index is 5.63. The van der Waals surface area contributed by atoms with Crippen LogP contribution < -0.4 is 4.90 Å². The molecular weight excluding hydrogens is 368 g/mol. The number of aromatic amines is 1. The number of ether oxygens (including phenoxy) is 1. The maximum absolute atomic E-state index is 5.63. The molecule has 1 saturated heterocycles. The molecule has 1 aliphatic heterocycles. The molecule has 5 heterocycles. The predicted octanol–water partition coefficient (Wildman–Crippen LogP) is 2.36. The zero-order chi connectivity index (χ0) is 20.1. The van der Waals surface area contributed by atoms with Gasteiger partial charge in [-0.15, -0.1) is 5.10 Å². The van der Waals surface area contributed by atoms with Crippen molar-refractivity contribution >= 4 is 11.3 Å². The van der Waals surface area contributed by atoms with Crippen LogP contribution in [0.4, 0.5) is 5.82 Å². The minimum absolute atomic E-state index is 0.246. The molecule has 0 spiro atoms. The highest BCUT2D eigenvalue weighted by molar-refractivity contribution is 5.83. The summed E-state index contributed by atoms with van der Waals surface area (Å²) in [6.45, 7) is 8.32. The largest absolute Gasteiger partial charge is 0.377 e. The van der Waals surface area contributed by atoms with E-state index in [0.717, 1.165) is 52.0 Å². The lowest BCUT2D eigenvalue weighted by Crippen LogP contribution is -2.44. The summed E-state index contributed by atoms with van der Waals surface area (Å²) in [6.07, 6.45) is 1.81. The zero-order valence-corrected chi connectivity index (χ0v) is 17.0. The fourth-order valence-electron chi connectivity index (χ4n) is 4.01. The fraction of sp³-hybridized carbons (Fsp3) is 0.400. The molecule has 0 bridgehead atoms. The van der Waals surface area contributed by atoms with E-state index in [9.17, 15) is 0 Å². The van der Waals surface area contributed by atoms with Gasteiger partial charge in [0, 0.05) is 25.4 Å². The molecule has 9 nitrogen and oxygen atoms in total. The van der Waals surface area contributed by atoms with Crippen molar-refractivity contribution in [3.8, 4) is 22.8 Å². The Kier molecular flexibility index (Phi) is 4.13. The van der Waals surface area contributed by atoms with E-state index in [1.807, 2.05) is 48.4 Å². The summed E-state index contributed by atoms with van der Waals surface area (Å²) in [4.78, 5) is 7.13. The third-order valence-corrected chi connectivity index (χ3v) is 5.47. The molecule has 1 unspecified atom stereocenters. The van der Waals surface area contributed by atoms with Crippen LogP contribution in [0.3, 0.4) is 0 Å². The van der Waals surface area contributed by atoms with E-state index >= 15 is 0 Å². The van der Waals surface area contributed by atoms with Gasteiger partial charge in [0.1, 0.15) is 5.69 Å². The lowest BCUT2D eigenvalue weighted by Gasteiger charge is -2.34. The summed E-state index contributed by atoms with van der Waals surface area (Å²) < 4.78 is 9.44. The van der Waals surface area contributed by atoms with Gasteiger partial charge in [-0.2, -0.15) is 10.2 Å². The quantitative estimate of drug-likeness (QED) is 0.576. The van der Waals surface area contributed by atoms with Crippen molar-refractivity contribution in [2.75, 3.05) is 24.7 Å². The average Bonchev–Trinajstić information content (AvgIpc) is 3.41. The van der Waals surface area contributed by atoms with Crippen molar-refractivity contribution < 1.29 is 4.74 Å². The molecule has 0 radical (unpaired) electrons. The molecule has 1 N–H and O–H groups in total. The van der Waals surface area contributed by atoms with Gasteiger partial charge >= 0.3 is 0 Å². The summed E-state index contributed by atoms with van der Waals surface area (Å²) in [6, 6.07) is 6.40. The van der Waals surface area contributed by atoms with Gasteiger partial charge in [0.05, 0.1) is 41.9 Å². The van der Waals surface area contributed by atoms with Crippen molar-refractivity contribution in [2.24, 2.45) is 7.05 Å². The number of aryl methyl sites for hydroxylation is 3. The van der Waals surface area contributed by atoms with Crippen molar-refractivity contribution in [1.82, 2.24) is 34.6 Å². The number of rotatable bonds is 3. The Bertz CT molecular complexity index is 1190. The number of nitrogens with zero attached hydrogens (tertiary/aromatic N) is 7. The Balaban J connectivity index is 1.80. The fourth-order valence-corrected chi connectivity index (χ4v) is 4.01. The minimum Gasteiger partial charge on any atom is -0.377 e. The third-order valence-electron chi connectivity index (χ3n) is 5.47. The number of nitrogens with one attached hydrogen (secondary N) is 1. The molecule has 0 aliphatic carbocycles. The van der Waals surface area contributed by atoms with Crippen LogP contribution in [0.15, 0.2) is 24.4 Å². The molecule has 1 aliphatic rings. The van der Waals surface area contributed by atoms with Crippen molar-refractivity contribution in [2.45, 2.75) is 26.8 Å². The van der Waals surface area contributed by atoms with E-state index in [0.29, 0.717) is 13.2 Å². The molecule has 9 heteroatoms. The first-order valence-electron chi connectivity index (χ1n) is 9.78. The monoisotopic (exact) mass is 392 g/mol. The van der Waals surface area contributed by atoms with Crippen molar-refractivity contribution in [3.05, 3.63) is 35.8 Å². The maximum Gasteiger partial charge on any atom is 0.179 e. The zero-order valence-electron chi connectivity index (χ0n) is 17.0. The Labute approximate surface area is 168 Å². The van der Waals surface area contributed by atoms with Gasteiger partial charge in [-0.1, -0.05) is 0 Å². The molecule has 0 amide bonds. The summed E-state index contributed by atoms with van der Waals surface area (Å²) in [5.41, 5.74) is 5.73. The number of fused-ring (bicyclic) bond motifs is 1. The lowest BCUT2D eigenvalue weighted by atomic mass is 10.1. The number of hydrogen-bond donors (Lipinski definition) is 1. The van der Waals surface area contributed by atoms with E-state index in [1.54, 1.807) is 0 Å². The molecule has 0 saturated carbocycles.